The molecule has 148 valence electrons. The third-order valence-corrected chi connectivity index (χ3v) is 5.30. The molecule has 0 saturated carbocycles. The van der Waals surface area contributed by atoms with Gasteiger partial charge in [0.05, 0.1) is 6.10 Å². The van der Waals surface area contributed by atoms with Crippen LogP contribution in [0.4, 0.5) is 0 Å². The van der Waals surface area contributed by atoms with Gasteiger partial charge in [-0.05, 0) is 41.3 Å². The molecule has 5 nitrogen and oxygen atoms in total. The summed E-state index contributed by atoms with van der Waals surface area (Å²) in [6.07, 6.45) is 3.89. The molecule has 1 aliphatic heterocycles. The first-order valence-electron chi connectivity index (χ1n) is 9.95. The van der Waals surface area contributed by atoms with Crippen LogP contribution in [-0.2, 0) is 13.0 Å². The fourth-order valence-corrected chi connectivity index (χ4v) is 3.76. The summed E-state index contributed by atoms with van der Waals surface area (Å²) >= 11 is 0. The highest BCUT2D eigenvalue weighted by atomic mass is 16.3. The number of nitrogens with zero attached hydrogens (tertiary/aromatic N) is 2. The fourth-order valence-electron chi connectivity index (χ4n) is 3.76. The molecular formula is C24H25N3O2. The van der Waals surface area contributed by atoms with E-state index in [4.69, 9.17) is 0 Å². The lowest BCUT2D eigenvalue weighted by Crippen LogP contribution is -2.42. The standard InChI is InChI=1S/C24H25N3O2/c28-23(17-27-12-10-18-5-1-2-6-22(18)16-27)15-26-24(29)20-8-3-7-19(13-20)21-9-4-11-25-14-21/h1-9,11,13-14,23,28H,10,12,15-17H2,(H,26,29). The van der Waals surface area contributed by atoms with E-state index in [-0.39, 0.29) is 12.5 Å². The Bertz CT molecular complexity index is 975. The molecule has 2 N–H and O–H groups in total. The maximum atomic E-state index is 12.5. The van der Waals surface area contributed by atoms with E-state index in [0.29, 0.717) is 12.1 Å². The molecule has 1 amide bonds. The number of hydrogen-bond donors (Lipinski definition) is 2. The molecular weight excluding hydrogens is 362 g/mol. The lowest BCUT2D eigenvalue weighted by molar-refractivity contribution is 0.0842. The number of β-amino-alcohol motifs (C(OH)–C–C–N with tert-alkyl or cyclic N) is 1. The first-order chi connectivity index (χ1) is 14.2. The summed E-state index contributed by atoms with van der Waals surface area (Å²) in [6.45, 7) is 2.54. The quantitative estimate of drug-likeness (QED) is 0.683. The smallest absolute Gasteiger partial charge is 0.251 e. The van der Waals surface area contributed by atoms with Crippen molar-refractivity contribution in [1.82, 2.24) is 15.2 Å². The molecule has 1 aliphatic rings. The van der Waals surface area contributed by atoms with E-state index in [2.05, 4.69) is 39.5 Å². The van der Waals surface area contributed by atoms with Gasteiger partial charge in [-0.25, -0.2) is 0 Å². The van der Waals surface area contributed by atoms with E-state index in [1.54, 1.807) is 18.5 Å². The van der Waals surface area contributed by atoms with Crippen LogP contribution in [0.2, 0.25) is 0 Å². The predicted molar refractivity (Wildman–Crippen MR) is 113 cm³/mol. The summed E-state index contributed by atoms with van der Waals surface area (Å²) in [5, 5.41) is 13.3. The summed E-state index contributed by atoms with van der Waals surface area (Å²) in [7, 11) is 0. The van der Waals surface area contributed by atoms with Crippen LogP contribution in [-0.4, -0.2) is 46.6 Å². The fraction of sp³-hybridized carbons (Fsp3) is 0.250. The SMILES string of the molecule is O=C(NCC(O)CN1CCc2ccccc2C1)c1cccc(-c2cccnc2)c1. The minimum atomic E-state index is -0.606. The Morgan fingerprint density at radius 2 is 1.90 bits per heavy atom. The molecule has 0 saturated heterocycles. The monoisotopic (exact) mass is 387 g/mol. The molecule has 1 aromatic heterocycles. The Labute approximate surface area is 171 Å². The van der Waals surface area contributed by atoms with Crippen LogP contribution in [0, 0.1) is 0 Å². The van der Waals surface area contributed by atoms with Gasteiger partial charge in [0.15, 0.2) is 0 Å². The van der Waals surface area contributed by atoms with Crippen molar-refractivity contribution in [3.63, 3.8) is 0 Å². The van der Waals surface area contributed by atoms with Crippen molar-refractivity contribution < 1.29 is 9.90 Å². The molecule has 1 atom stereocenters. The maximum absolute atomic E-state index is 12.5. The van der Waals surface area contributed by atoms with Gasteiger partial charge in [-0.15, -0.1) is 0 Å². The number of fused-ring (bicyclic) bond motifs is 1. The Morgan fingerprint density at radius 3 is 2.72 bits per heavy atom. The van der Waals surface area contributed by atoms with Crippen molar-refractivity contribution >= 4 is 5.91 Å². The van der Waals surface area contributed by atoms with E-state index < -0.39 is 6.10 Å². The molecule has 0 radical (unpaired) electrons. The number of carbonyl (C=O) groups excluding carboxylic acids is 1. The third-order valence-electron chi connectivity index (χ3n) is 5.30. The van der Waals surface area contributed by atoms with E-state index >= 15 is 0 Å². The molecule has 2 heterocycles. The van der Waals surface area contributed by atoms with Gasteiger partial charge in [0.2, 0.25) is 0 Å². The highest BCUT2D eigenvalue weighted by Crippen LogP contribution is 2.20. The average molecular weight is 387 g/mol. The van der Waals surface area contributed by atoms with E-state index in [1.807, 2.05) is 30.3 Å². The maximum Gasteiger partial charge on any atom is 0.251 e. The molecule has 5 heteroatoms. The number of amides is 1. The van der Waals surface area contributed by atoms with Crippen molar-refractivity contribution in [3.05, 3.63) is 89.7 Å². The molecule has 4 rings (SSSR count). The lowest BCUT2D eigenvalue weighted by atomic mass is 10.00. The molecule has 3 aromatic rings. The number of hydrogen-bond acceptors (Lipinski definition) is 4. The molecule has 0 aliphatic carbocycles. The zero-order chi connectivity index (χ0) is 20.1. The average Bonchev–Trinajstić information content (AvgIpc) is 2.78. The van der Waals surface area contributed by atoms with Gasteiger partial charge in [-0.3, -0.25) is 14.7 Å². The van der Waals surface area contributed by atoms with Crippen LogP contribution in [0.3, 0.4) is 0 Å². The summed E-state index contributed by atoms with van der Waals surface area (Å²) in [5.41, 5.74) is 5.19. The van der Waals surface area contributed by atoms with Gasteiger partial charge in [0.1, 0.15) is 0 Å². The highest BCUT2D eigenvalue weighted by molar-refractivity contribution is 5.95. The summed E-state index contributed by atoms with van der Waals surface area (Å²) in [5.74, 6) is -0.182. The van der Waals surface area contributed by atoms with Crippen molar-refractivity contribution in [2.45, 2.75) is 19.1 Å². The number of carbonyl (C=O) groups is 1. The predicted octanol–water partition coefficient (Wildman–Crippen LogP) is 2.90. The normalized spacial score (nSPS) is 14.8. The zero-order valence-electron chi connectivity index (χ0n) is 16.3. The topological polar surface area (TPSA) is 65.5 Å². The van der Waals surface area contributed by atoms with Crippen LogP contribution in [0.15, 0.2) is 73.1 Å². The van der Waals surface area contributed by atoms with Crippen LogP contribution in [0.1, 0.15) is 21.5 Å². The largest absolute Gasteiger partial charge is 0.390 e. The van der Waals surface area contributed by atoms with Crippen LogP contribution in [0.5, 0.6) is 0 Å². The second kappa shape index (κ2) is 8.99. The molecule has 1 unspecified atom stereocenters. The van der Waals surface area contributed by atoms with Crippen LogP contribution in [0.25, 0.3) is 11.1 Å². The van der Waals surface area contributed by atoms with Crippen molar-refractivity contribution in [2.24, 2.45) is 0 Å². The Hall–Kier alpha value is -3.02. The van der Waals surface area contributed by atoms with E-state index in [9.17, 15) is 9.90 Å². The molecule has 0 spiro atoms. The van der Waals surface area contributed by atoms with Gasteiger partial charge < -0.3 is 10.4 Å². The first-order valence-corrected chi connectivity index (χ1v) is 9.95. The van der Waals surface area contributed by atoms with E-state index in [0.717, 1.165) is 30.6 Å². The molecule has 2 aromatic carbocycles. The van der Waals surface area contributed by atoms with Crippen molar-refractivity contribution in [3.8, 4) is 11.1 Å². The van der Waals surface area contributed by atoms with Gasteiger partial charge >= 0.3 is 0 Å². The Kier molecular flexibility index (Phi) is 5.98. The summed E-state index contributed by atoms with van der Waals surface area (Å²) in [6, 6.07) is 19.7. The minimum Gasteiger partial charge on any atom is -0.390 e. The Balaban J connectivity index is 1.31. The molecule has 0 bridgehead atoms. The third kappa shape index (κ3) is 4.88. The number of nitrogens with one attached hydrogen (secondary N) is 1. The number of aromatic nitrogens is 1. The summed E-state index contributed by atoms with van der Waals surface area (Å²) in [4.78, 5) is 18.9. The molecule has 0 fully saturated rings. The molecule has 29 heavy (non-hydrogen) atoms. The number of benzene rings is 2. The van der Waals surface area contributed by atoms with Gasteiger partial charge in [0, 0.05) is 49.7 Å². The highest BCUT2D eigenvalue weighted by Gasteiger charge is 2.19. The zero-order valence-corrected chi connectivity index (χ0v) is 16.3. The summed E-state index contributed by atoms with van der Waals surface area (Å²) < 4.78 is 0. The lowest BCUT2D eigenvalue weighted by Gasteiger charge is -2.30. The first kappa shape index (κ1) is 19.3. The van der Waals surface area contributed by atoms with Gasteiger partial charge in [-0.2, -0.15) is 0 Å². The minimum absolute atomic E-state index is 0.182. The van der Waals surface area contributed by atoms with Gasteiger partial charge in [0.25, 0.3) is 5.91 Å². The Morgan fingerprint density at radius 1 is 1.07 bits per heavy atom. The van der Waals surface area contributed by atoms with E-state index in [1.165, 1.54) is 11.1 Å². The second-order valence-corrected chi connectivity index (χ2v) is 7.44. The number of aliphatic hydroxyl groups is 1. The number of rotatable bonds is 6. The van der Waals surface area contributed by atoms with Crippen molar-refractivity contribution in [2.75, 3.05) is 19.6 Å². The van der Waals surface area contributed by atoms with Crippen LogP contribution >= 0.6 is 0 Å². The van der Waals surface area contributed by atoms with Crippen molar-refractivity contribution in [1.29, 1.82) is 0 Å². The van der Waals surface area contributed by atoms with Gasteiger partial charge in [-0.1, -0.05) is 42.5 Å². The van der Waals surface area contributed by atoms with Crippen LogP contribution < -0.4 is 5.32 Å². The second-order valence-electron chi connectivity index (χ2n) is 7.44. The number of aliphatic hydroxyl groups excluding tert-OH is 1. The number of pyridine rings is 1.